The van der Waals surface area contributed by atoms with Crippen LogP contribution in [-0.2, 0) is 4.79 Å². The van der Waals surface area contributed by atoms with Gasteiger partial charge in [0.1, 0.15) is 0 Å². The standard InChI is InChI=1S/C11H13NO3/c1-6-3-4-8(5-7(6)2)10(13)9(12)11(14)15/h3-5,9H,12H2,1-2H3,(H,14,15). The summed E-state index contributed by atoms with van der Waals surface area (Å²) in [4.78, 5) is 22.1. The van der Waals surface area contributed by atoms with Crippen LogP contribution in [0.25, 0.3) is 0 Å². The van der Waals surface area contributed by atoms with E-state index in [0.717, 1.165) is 11.1 Å². The van der Waals surface area contributed by atoms with Crippen LogP contribution in [0, 0.1) is 13.8 Å². The molecule has 0 radical (unpaired) electrons. The number of carboxylic acid groups (broad SMARTS) is 1. The number of benzene rings is 1. The number of ketones is 1. The minimum Gasteiger partial charge on any atom is -0.480 e. The fourth-order valence-electron chi connectivity index (χ4n) is 1.19. The summed E-state index contributed by atoms with van der Waals surface area (Å²) < 4.78 is 0. The average molecular weight is 207 g/mol. The maximum atomic E-state index is 11.5. The van der Waals surface area contributed by atoms with Gasteiger partial charge < -0.3 is 10.8 Å². The van der Waals surface area contributed by atoms with Crippen LogP contribution in [0.15, 0.2) is 18.2 Å². The molecular weight excluding hydrogens is 194 g/mol. The van der Waals surface area contributed by atoms with Crippen LogP contribution in [0.2, 0.25) is 0 Å². The first-order chi connectivity index (χ1) is 6.93. The summed E-state index contributed by atoms with van der Waals surface area (Å²) in [5.41, 5.74) is 7.57. The fourth-order valence-corrected chi connectivity index (χ4v) is 1.19. The lowest BCUT2D eigenvalue weighted by Gasteiger charge is -2.07. The summed E-state index contributed by atoms with van der Waals surface area (Å²) >= 11 is 0. The zero-order valence-electron chi connectivity index (χ0n) is 8.65. The molecule has 3 N–H and O–H groups in total. The minimum absolute atomic E-state index is 0.341. The molecule has 0 heterocycles. The first-order valence-corrected chi connectivity index (χ1v) is 4.53. The monoisotopic (exact) mass is 207 g/mol. The number of carbonyl (C=O) groups excluding carboxylic acids is 1. The van der Waals surface area contributed by atoms with Crippen molar-refractivity contribution in [3.05, 3.63) is 34.9 Å². The molecule has 4 heteroatoms. The van der Waals surface area contributed by atoms with Crippen LogP contribution in [0.5, 0.6) is 0 Å². The Hall–Kier alpha value is -1.68. The van der Waals surface area contributed by atoms with Gasteiger partial charge in [-0.1, -0.05) is 12.1 Å². The van der Waals surface area contributed by atoms with Gasteiger partial charge in [0.25, 0.3) is 0 Å². The average Bonchev–Trinajstić information content (AvgIpc) is 2.19. The third kappa shape index (κ3) is 2.41. The number of Topliss-reactive ketones (excluding diaryl/α,β-unsaturated/α-hetero) is 1. The van der Waals surface area contributed by atoms with E-state index in [-0.39, 0.29) is 0 Å². The number of aliphatic carboxylic acids is 1. The van der Waals surface area contributed by atoms with Crippen molar-refractivity contribution >= 4 is 11.8 Å². The van der Waals surface area contributed by atoms with E-state index in [1.165, 1.54) is 0 Å². The number of hydrogen-bond donors (Lipinski definition) is 2. The van der Waals surface area contributed by atoms with Crippen LogP contribution in [0.3, 0.4) is 0 Å². The van der Waals surface area contributed by atoms with Gasteiger partial charge in [0.2, 0.25) is 0 Å². The third-order valence-corrected chi connectivity index (χ3v) is 2.34. The van der Waals surface area contributed by atoms with Gasteiger partial charge in [-0.25, -0.2) is 0 Å². The maximum Gasteiger partial charge on any atom is 0.328 e. The molecule has 4 nitrogen and oxygen atoms in total. The zero-order chi connectivity index (χ0) is 11.6. The van der Waals surface area contributed by atoms with Gasteiger partial charge in [-0.15, -0.1) is 0 Å². The summed E-state index contributed by atoms with van der Waals surface area (Å²) in [6, 6.07) is 3.54. The molecule has 0 aliphatic rings. The molecule has 0 aromatic heterocycles. The van der Waals surface area contributed by atoms with E-state index < -0.39 is 17.8 Å². The number of aryl methyl sites for hydroxylation is 2. The molecule has 15 heavy (non-hydrogen) atoms. The molecule has 0 aliphatic heterocycles. The van der Waals surface area contributed by atoms with Gasteiger partial charge in [-0.3, -0.25) is 9.59 Å². The predicted octanol–water partition coefficient (Wildman–Crippen LogP) is 0.898. The maximum absolute atomic E-state index is 11.5. The Morgan fingerprint density at radius 1 is 1.27 bits per heavy atom. The molecule has 80 valence electrons. The van der Waals surface area contributed by atoms with Crippen LogP contribution in [0.4, 0.5) is 0 Å². The Bertz CT molecular complexity index is 412. The molecule has 1 aromatic rings. The second-order valence-electron chi connectivity index (χ2n) is 3.48. The quantitative estimate of drug-likeness (QED) is 0.570. The molecule has 1 atom stereocenters. The Morgan fingerprint density at radius 3 is 2.33 bits per heavy atom. The van der Waals surface area contributed by atoms with E-state index in [4.69, 9.17) is 10.8 Å². The summed E-state index contributed by atoms with van der Waals surface area (Å²) in [7, 11) is 0. The second-order valence-corrected chi connectivity index (χ2v) is 3.48. The number of carboxylic acids is 1. The third-order valence-electron chi connectivity index (χ3n) is 2.34. The second kappa shape index (κ2) is 4.23. The van der Waals surface area contributed by atoms with E-state index in [2.05, 4.69) is 0 Å². The summed E-state index contributed by atoms with van der Waals surface area (Å²) in [5, 5.41) is 8.59. The van der Waals surface area contributed by atoms with Crippen molar-refractivity contribution in [1.29, 1.82) is 0 Å². The number of hydrogen-bond acceptors (Lipinski definition) is 3. The highest BCUT2D eigenvalue weighted by atomic mass is 16.4. The van der Waals surface area contributed by atoms with Crippen molar-refractivity contribution in [3.8, 4) is 0 Å². The van der Waals surface area contributed by atoms with Crippen molar-refractivity contribution in [2.75, 3.05) is 0 Å². The van der Waals surface area contributed by atoms with Gasteiger partial charge in [-0.05, 0) is 31.0 Å². The summed E-state index contributed by atoms with van der Waals surface area (Å²) in [6.45, 7) is 3.78. The predicted molar refractivity (Wildman–Crippen MR) is 55.9 cm³/mol. The van der Waals surface area contributed by atoms with Crippen molar-refractivity contribution in [1.82, 2.24) is 0 Å². The first kappa shape index (κ1) is 11.4. The van der Waals surface area contributed by atoms with Crippen LogP contribution >= 0.6 is 0 Å². The fraction of sp³-hybridized carbons (Fsp3) is 0.273. The minimum atomic E-state index is -1.48. The molecule has 0 bridgehead atoms. The summed E-state index contributed by atoms with van der Waals surface area (Å²) in [6.07, 6.45) is 0. The topological polar surface area (TPSA) is 80.4 Å². The number of nitrogens with two attached hydrogens (primary N) is 1. The lowest BCUT2D eigenvalue weighted by molar-refractivity contribution is -0.137. The first-order valence-electron chi connectivity index (χ1n) is 4.53. The van der Waals surface area contributed by atoms with Gasteiger partial charge in [0.15, 0.2) is 11.8 Å². The lowest BCUT2D eigenvalue weighted by Crippen LogP contribution is -2.38. The van der Waals surface area contributed by atoms with Crippen molar-refractivity contribution < 1.29 is 14.7 Å². The Kier molecular flexibility index (Phi) is 3.21. The molecule has 0 saturated carbocycles. The highest BCUT2D eigenvalue weighted by Gasteiger charge is 2.22. The molecule has 0 saturated heterocycles. The van der Waals surface area contributed by atoms with Crippen LogP contribution in [-0.4, -0.2) is 22.9 Å². The van der Waals surface area contributed by atoms with Crippen LogP contribution < -0.4 is 5.73 Å². The van der Waals surface area contributed by atoms with E-state index in [0.29, 0.717) is 5.56 Å². The molecular formula is C11H13NO3. The van der Waals surface area contributed by atoms with E-state index in [9.17, 15) is 9.59 Å². The normalized spacial score (nSPS) is 12.2. The molecule has 0 fully saturated rings. The summed E-state index contributed by atoms with van der Waals surface area (Å²) in [5.74, 6) is -1.87. The van der Waals surface area contributed by atoms with E-state index in [1.54, 1.807) is 18.2 Å². The smallest absolute Gasteiger partial charge is 0.328 e. The molecule has 0 spiro atoms. The van der Waals surface area contributed by atoms with Gasteiger partial charge >= 0.3 is 5.97 Å². The highest BCUT2D eigenvalue weighted by molar-refractivity contribution is 6.11. The number of carbonyl (C=O) groups is 2. The number of rotatable bonds is 3. The van der Waals surface area contributed by atoms with E-state index >= 15 is 0 Å². The zero-order valence-corrected chi connectivity index (χ0v) is 8.65. The van der Waals surface area contributed by atoms with Crippen molar-refractivity contribution in [2.45, 2.75) is 19.9 Å². The van der Waals surface area contributed by atoms with Crippen molar-refractivity contribution in [3.63, 3.8) is 0 Å². The lowest BCUT2D eigenvalue weighted by atomic mass is 10.0. The Morgan fingerprint density at radius 2 is 1.87 bits per heavy atom. The molecule has 0 aliphatic carbocycles. The van der Waals surface area contributed by atoms with Crippen LogP contribution in [0.1, 0.15) is 21.5 Å². The van der Waals surface area contributed by atoms with Crippen molar-refractivity contribution in [2.24, 2.45) is 5.73 Å². The molecule has 1 rings (SSSR count). The SMILES string of the molecule is Cc1ccc(C(=O)C(N)C(=O)O)cc1C. The largest absolute Gasteiger partial charge is 0.480 e. The van der Waals surface area contributed by atoms with E-state index in [1.807, 2.05) is 13.8 Å². The van der Waals surface area contributed by atoms with Gasteiger partial charge in [-0.2, -0.15) is 0 Å². The molecule has 1 aromatic carbocycles. The molecule has 0 amide bonds. The molecule has 1 unspecified atom stereocenters. The van der Waals surface area contributed by atoms with Gasteiger partial charge in [0, 0.05) is 5.56 Å². The van der Waals surface area contributed by atoms with Gasteiger partial charge in [0.05, 0.1) is 0 Å². The Balaban J connectivity index is 3.02. The highest BCUT2D eigenvalue weighted by Crippen LogP contribution is 2.11. The Labute approximate surface area is 87.7 Å².